The average molecular weight is 388 g/mol. The van der Waals surface area contributed by atoms with Gasteiger partial charge in [-0.25, -0.2) is 0 Å². The average Bonchev–Trinajstić information content (AvgIpc) is 3.04. The number of carbonyl (C=O) groups excluding carboxylic acids is 1. The standard InChI is InChI=1S/C25H41NO2/c1-4-26(5-2)16-17-28-18-25-15-13-21-20(22(25)11-12-23(25)27)10-9-19-8-6-7-14-24(19,21)3/h9,20-22H,4-8,10-18H2,1-3H3/t20-,21+,22+,24+,25-/m1/s1. The van der Waals surface area contributed by atoms with E-state index in [1.54, 1.807) is 5.57 Å². The third-order valence-electron chi connectivity index (χ3n) is 9.27. The second-order valence-corrected chi connectivity index (χ2v) is 10.2. The zero-order chi connectivity index (χ0) is 19.8. The minimum absolute atomic E-state index is 0.166. The van der Waals surface area contributed by atoms with Crippen molar-refractivity contribution in [1.82, 2.24) is 4.90 Å². The Kier molecular flexibility index (Phi) is 6.05. The normalized spacial score (nSPS) is 40.1. The minimum Gasteiger partial charge on any atom is -0.379 e. The second kappa shape index (κ2) is 8.22. The summed E-state index contributed by atoms with van der Waals surface area (Å²) in [6.45, 7) is 11.5. The maximum absolute atomic E-state index is 13.1. The highest BCUT2D eigenvalue weighted by atomic mass is 16.5. The van der Waals surface area contributed by atoms with E-state index in [2.05, 4.69) is 31.7 Å². The summed E-state index contributed by atoms with van der Waals surface area (Å²) < 4.78 is 6.22. The number of Topliss-reactive ketones (excluding diaryl/α,β-unsaturated/α-hetero) is 1. The highest BCUT2D eigenvalue weighted by molar-refractivity contribution is 5.87. The van der Waals surface area contributed by atoms with Crippen LogP contribution in [0.4, 0.5) is 0 Å². The molecule has 3 saturated carbocycles. The van der Waals surface area contributed by atoms with Gasteiger partial charge in [0.2, 0.25) is 0 Å². The second-order valence-electron chi connectivity index (χ2n) is 10.2. The third kappa shape index (κ3) is 3.31. The molecular weight excluding hydrogens is 346 g/mol. The molecule has 0 aliphatic heterocycles. The molecule has 0 unspecified atom stereocenters. The summed E-state index contributed by atoms with van der Waals surface area (Å²) in [5.41, 5.74) is 2.01. The Morgan fingerprint density at radius 1 is 1.11 bits per heavy atom. The molecule has 0 radical (unpaired) electrons. The first-order chi connectivity index (χ1) is 13.5. The maximum Gasteiger partial charge on any atom is 0.141 e. The number of ether oxygens (including phenoxy) is 1. The topological polar surface area (TPSA) is 29.5 Å². The Morgan fingerprint density at radius 2 is 1.93 bits per heavy atom. The lowest BCUT2D eigenvalue weighted by atomic mass is 9.48. The lowest BCUT2D eigenvalue weighted by Gasteiger charge is -2.56. The van der Waals surface area contributed by atoms with Crippen molar-refractivity contribution >= 4 is 5.78 Å². The number of nitrogens with zero attached hydrogens (tertiary/aromatic N) is 1. The van der Waals surface area contributed by atoms with Crippen LogP contribution in [0.5, 0.6) is 0 Å². The van der Waals surface area contributed by atoms with E-state index in [0.29, 0.717) is 29.6 Å². The number of allylic oxidation sites excluding steroid dienone is 2. The molecule has 158 valence electrons. The monoisotopic (exact) mass is 387 g/mol. The van der Waals surface area contributed by atoms with Gasteiger partial charge in [-0.05, 0) is 81.2 Å². The molecule has 3 fully saturated rings. The predicted octanol–water partition coefficient (Wildman–Crippen LogP) is 5.25. The van der Waals surface area contributed by atoms with Gasteiger partial charge in [-0.15, -0.1) is 0 Å². The first kappa shape index (κ1) is 20.6. The zero-order valence-electron chi connectivity index (χ0n) is 18.5. The summed E-state index contributed by atoms with van der Waals surface area (Å²) in [5.74, 6) is 2.58. The molecule has 0 aromatic heterocycles. The predicted molar refractivity (Wildman–Crippen MR) is 114 cm³/mol. The van der Waals surface area contributed by atoms with Gasteiger partial charge in [0.25, 0.3) is 0 Å². The summed E-state index contributed by atoms with van der Waals surface area (Å²) in [4.78, 5) is 15.5. The third-order valence-corrected chi connectivity index (χ3v) is 9.27. The lowest BCUT2D eigenvalue weighted by Crippen LogP contribution is -2.52. The van der Waals surface area contributed by atoms with Gasteiger partial charge in [0.15, 0.2) is 0 Å². The van der Waals surface area contributed by atoms with Crippen molar-refractivity contribution < 1.29 is 9.53 Å². The van der Waals surface area contributed by atoms with Crippen LogP contribution in [0.2, 0.25) is 0 Å². The molecule has 4 aliphatic carbocycles. The molecule has 0 bridgehead atoms. The van der Waals surface area contributed by atoms with Gasteiger partial charge in [-0.1, -0.05) is 38.8 Å². The number of hydrogen-bond acceptors (Lipinski definition) is 3. The SMILES string of the molecule is CCN(CC)CCOC[C@]12CC[C@H]3[C@@H](CC=C4CCCC[C@@]43C)[C@@H]1CCC2=O. The van der Waals surface area contributed by atoms with E-state index in [9.17, 15) is 4.79 Å². The van der Waals surface area contributed by atoms with Crippen molar-refractivity contribution in [3.63, 3.8) is 0 Å². The van der Waals surface area contributed by atoms with E-state index in [1.807, 2.05) is 0 Å². The van der Waals surface area contributed by atoms with Crippen LogP contribution in [0.15, 0.2) is 11.6 Å². The van der Waals surface area contributed by atoms with Gasteiger partial charge in [-0.3, -0.25) is 4.79 Å². The highest BCUT2D eigenvalue weighted by Crippen LogP contribution is 2.64. The fourth-order valence-electron chi connectivity index (χ4n) is 7.53. The molecule has 0 spiro atoms. The van der Waals surface area contributed by atoms with Gasteiger partial charge in [0.05, 0.1) is 18.6 Å². The van der Waals surface area contributed by atoms with Crippen LogP contribution in [0.1, 0.15) is 78.6 Å². The van der Waals surface area contributed by atoms with Crippen molar-refractivity contribution in [2.75, 3.05) is 32.8 Å². The van der Waals surface area contributed by atoms with E-state index in [4.69, 9.17) is 4.74 Å². The van der Waals surface area contributed by atoms with Crippen LogP contribution < -0.4 is 0 Å². The smallest absolute Gasteiger partial charge is 0.141 e. The molecule has 3 nitrogen and oxygen atoms in total. The Hall–Kier alpha value is -0.670. The van der Waals surface area contributed by atoms with E-state index in [0.717, 1.165) is 51.4 Å². The van der Waals surface area contributed by atoms with Crippen LogP contribution in [0.3, 0.4) is 0 Å². The molecule has 0 aromatic rings. The molecule has 4 rings (SSSR count). The summed E-state index contributed by atoms with van der Waals surface area (Å²) in [7, 11) is 0. The number of fused-ring (bicyclic) bond motifs is 5. The molecule has 0 heterocycles. The molecule has 3 heteroatoms. The Balaban J connectivity index is 1.47. The molecule has 0 N–H and O–H groups in total. The van der Waals surface area contributed by atoms with Gasteiger partial charge in [0, 0.05) is 13.0 Å². The largest absolute Gasteiger partial charge is 0.379 e. The van der Waals surface area contributed by atoms with E-state index in [1.165, 1.54) is 38.5 Å². The van der Waals surface area contributed by atoms with Crippen LogP contribution in [0, 0.1) is 28.6 Å². The van der Waals surface area contributed by atoms with Crippen molar-refractivity contribution in [3.8, 4) is 0 Å². The first-order valence-corrected chi connectivity index (χ1v) is 12.1. The number of carbonyl (C=O) groups is 1. The minimum atomic E-state index is -0.166. The summed E-state index contributed by atoms with van der Waals surface area (Å²) in [6, 6.07) is 0. The first-order valence-electron chi connectivity index (χ1n) is 12.1. The Labute approximate surface area is 172 Å². The van der Waals surface area contributed by atoms with Crippen molar-refractivity contribution in [1.29, 1.82) is 0 Å². The number of likely N-dealkylation sites (N-methyl/N-ethyl adjacent to an activating group) is 1. The quantitative estimate of drug-likeness (QED) is 0.441. The van der Waals surface area contributed by atoms with Gasteiger partial charge in [-0.2, -0.15) is 0 Å². The lowest BCUT2D eigenvalue weighted by molar-refractivity contribution is -0.140. The number of ketones is 1. The molecule has 0 aromatic carbocycles. The molecule has 5 atom stereocenters. The highest BCUT2D eigenvalue weighted by Gasteiger charge is 2.60. The van der Waals surface area contributed by atoms with Crippen molar-refractivity contribution in [2.24, 2.45) is 28.6 Å². The fraction of sp³-hybridized carbons (Fsp3) is 0.880. The van der Waals surface area contributed by atoms with Gasteiger partial charge < -0.3 is 9.64 Å². The zero-order valence-corrected chi connectivity index (χ0v) is 18.5. The van der Waals surface area contributed by atoms with Gasteiger partial charge in [0.1, 0.15) is 5.78 Å². The molecule has 0 amide bonds. The van der Waals surface area contributed by atoms with Crippen LogP contribution in [-0.2, 0) is 9.53 Å². The van der Waals surface area contributed by atoms with E-state index >= 15 is 0 Å². The molecule has 0 saturated heterocycles. The fourth-order valence-corrected chi connectivity index (χ4v) is 7.53. The van der Waals surface area contributed by atoms with Crippen LogP contribution in [-0.4, -0.2) is 43.5 Å². The maximum atomic E-state index is 13.1. The molecule has 28 heavy (non-hydrogen) atoms. The van der Waals surface area contributed by atoms with E-state index in [-0.39, 0.29) is 5.41 Å². The van der Waals surface area contributed by atoms with E-state index < -0.39 is 0 Å². The summed E-state index contributed by atoms with van der Waals surface area (Å²) in [6.07, 6.45) is 13.5. The van der Waals surface area contributed by atoms with Gasteiger partial charge >= 0.3 is 0 Å². The van der Waals surface area contributed by atoms with Crippen LogP contribution in [0.25, 0.3) is 0 Å². The summed E-state index contributed by atoms with van der Waals surface area (Å²) in [5, 5.41) is 0. The Bertz CT molecular complexity index is 610. The number of hydrogen-bond donors (Lipinski definition) is 0. The molecular formula is C25H41NO2. The van der Waals surface area contributed by atoms with Crippen molar-refractivity contribution in [2.45, 2.75) is 78.6 Å². The van der Waals surface area contributed by atoms with Crippen molar-refractivity contribution in [3.05, 3.63) is 11.6 Å². The Morgan fingerprint density at radius 3 is 2.71 bits per heavy atom. The molecule has 4 aliphatic rings. The van der Waals surface area contributed by atoms with Crippen LogP contribution >= 0.6 is 0 Å². The number of rotatable bonds is 7. The summed E-state index contributed by atoms with van der Waals surface area (Å²) >= 11 is 0.